The van der Waals surface area contributed by atoms with Crippen molar-refractivity contribution in [1.82, 2.24) is 0 Å². The Morgan fingerprint density at radius 2 is 1.55 bits per heavy atom. The maximum atomic E-state index is 12.9. The Morgan fingerprint density at radius 3 is 2.23 bits per heavy atom. The van der Waals surface area contributed by atoms with Crippen molar-refractivity contribution in [2.45, 2.75) is 38.4 Å². The van der Waals surface area contributed by atoms with Gasteiger partial charge in [-0.15, -0.1) is 0 Å². The van der Waals surface area contributed by atoms with Gasteiger partial charge in [-0.1, -0.05) is 87.5 Å². The molecule has 0 bridgehead atoms. The normalized spacial score (nSPS) is 11.2. The molecule has 3 aromatic rings. The molecule has 0 saturated heterocycles. The molecule has 0 aliphatic rings. The van der Waals surface area contributed by atoms with Crippen LogP contribution in [0.25, 0.3) is 0 Å². The second kappa shape index (κ2) is 10.5. The predicted molar refractivity (Wildman–Crippen MR) is 131 cm³/mol. The number of rotatable bonds is 8. The fourth-order valence-corrected chi connectivity index (χ4v) is 4.08. The number of carbonyl (C=O) groups is 2. The van der Waals surface area contributed by atoms with Crippen LogP contribution in [-0.2, 0) is 16.0 Å². The number of hydrogen-bond acceptors (Lipinski definition) is 3. The molecular weight excluding hydrogens is 402 g/mol. The Morgan fingerprint density at radius 1 is 0.839 bits per heavy atom. The van der Waals surface area contributed by atoms with Crippen LogP contribution in [0.4, 0.5) is 5.69 Å². The van der Waals surface area contributed by atoms with Gasteiger partial charge in [0, 0.05) is 34.7 Å². The van der Waals surface area contributed by atoms with Crippen LogP contribution >= 0.6 is 11.8 Å². The predicted octanol–water partition coefficient (Wildman–Crippen LogP) is 6.48. The summed E-state index contributed by atoms with van der Waals surface area (Å²) in [5.74, 6) is 1.56. The van der Waals surface area contributed by atoms with E-state index in [0.29, 0.717) is 23.2 Å². The van der Waals surface area contributed by atoms with Gasteiger partial charge in [-0.05, 0) is 28.7 Å². The lowest BCUT2D eigenvalue weighted by atomic mass is 9.86. The monoisotopic (exact) mass is 431 g/mol. The third kappa shape index (κ3) is 6.83. The molecule has 3 nitrogen and oxygen atoms in total. The molecule has 0 radical (unpaired) electrons. The van der Waals surface area contributed by atoms with Gasteiger partial charge in [0.15, 0.2) is 5.78 Å². The van der Waals surface area contributed by atoms with Gasteiger partial charge in [-0.2, -0.15) is 11.8 Å². The van der Waals surface area contributed by atoms with Crippen molar-refractivity contribution in [2.24, 2.45) is 0 Å². The summed E-state index contributed by atoms with van der Waals surface area (Å²) in [6.07, 6.45) is 0.434. The topological polar surface area (TPSA) is 46.2 Å². The molecule has 1 amide bonds. The number of thioether (sulfide) groups is 1. The first-order valence-corrected chi connectivity index (χ1v) is 11.7. The average molecular weight is 432 g/mol. The summed E-state index contributed by atoms with van der Waals surface area (Å²) in [5.41, 5.74) is 4.36. The van der Waals surface area contributed by atoms with Crippen molar-refractivity contribution in [3.8, 4) is 0 Å². The SMILES string of the molecule is CC(C)(C)c1ccc(C(=O)c2cccc(NC(=O)CCSCc3ccccc3)c2)cc1. The van der Waals surface area contributed by atoms with Crippen molar-refractivity contribution >= 4 is 29.1 Å². The Labute approximate surface area is 189 Å². The quantitative estimate of drug-likeness (QED) is 0.328. The molecule has 0 spiro atoms. The molecule has 4 heteroatoms. The minimum atomic E-state index is -0.0463. The van der Waals surface area contributed by atoms with Crippen LogP contribution < -0.4 is 5.32 Å². The molecule has 3 aromatic carbocycles. The lowest BCUT2D eigenvalue weighted by molar-refractivity contribution is -0.115. The third-order valence-electron chi connectivity index (χ3n) is 5.01. The Balaban J connectivity index is 1.54. The lowest BCUT2D eigenvalue weighted by Crippen LogP contribution is -2.13. The highest BCUT2D eigenvalue weighted by Crippen LogP contribution is 2.23. The molecule has 0 atom stereocenters. The fraction of sp³-hybridized carbons (Fsp3) is 0.259. The molecular formula is C27H29NO2S. The van der Waals surface area contributed by atoms with E-state index in [-0.39, 0.29) is 17.1 Å². The van der Waals surface area contributed by atoms with Crippen LogP contribution in [0.15, 0.2) is 78.9 Å². The largest absolute Gasteiger partial charge is 0.326 e. The Kier molecular flexibility index (Phi) is 7.69. The summed E-state index contributed by atoms with van der Waals surface area (Å²) in [6.45, 7) is 6.45. The van der Waals surface area contributed by atoms with Gasteiger partial charge in [-0.25, -0.2) is 0 Å². The molecule has 0 aliphatic carbocycles. The number of anilines is 1. The maximum Gasteiger partial charge on any atom is 0.225 e. The standard InChI is InChI=1S/C27H29NO2S/c1-27(2,3)23-14-12-21(13-15-23)26(30)22-10-7-11-24(18-22)28-25(29)16-17-31-19-20-8-5-4-6-9-20/h4-15,18H,16-17,19H2,1-3H3,(H,28,29). The minimum absolute atomic E-state index is 0.0420. The molecule has 3 rings (SSSR count). The van der Waals surface area contributed by atoms with Crippen molar-refractivity contribution < 1.29 is 9.59 Å². The van der Waals surface area contributed by atoms with Crippen LogP contribution in [0.2, 0.25) is 0 Å². The van der Waals surface area contributed by atoms with Crippen LogP contribution in [0.5, 0.6) is 0 Å². The Bertz CT molecular complexity index is 1020. The van der Waals surface area contributed by atoms with E-state index in [1.54, 1.807) is 30.0 Å². The summed E-state index contributed by atoms with van der Waals surface area (Å²) in [4.78, 5) is 25.2. The van der Waals surface area contributed by atoms with Crippen molar-refractivity contribution in [3.63, 3.8) is 0 Å². The zero-order valence-corrected chi connectivity index (χ0v) is 19.2. The second-order valence-electron chi connectivity index (χ2n) is 8.57. The van der Waals surface area contributed by atoms with Crippen molar-refractivity contribution in [1.29, 1.82) is 0 Å². The van der Waals surface area contributed by atoms with Crippen LogP contribution in [-0.4, -0.2) is 17.4 Å². The van der Waals surface area contributed by atoms with E-state index in [2.05, 4.69) is 38.2 Å². The smallest absolute Gasteiger partial charge is 0.225 e. The van der Waals surface area contributed by atoms with Crippen LogP contribution in [0.3, 0.4) is 0 Å². The van der Waals surface area contributed by atoms with Crippen molar-refractivity contribution in [3.05, 3.63) is 101 Å². The summed E-state index contributed by atoms with van der Waals surface area (Å²) in [5, 5.41) is 2.91. The van der Waals surface area contributed by atoms with Crippen LogP contribution in [0, 0.1) is 0 Å². The van der Waals surface area contributed by atoms with Gasteiger partial charge in [0.25, 0.3) is 0 Å². The molecule has 0 aliphatic heterocycles. The first kappa shape index (κ1) is 22.8. The van der Waals surface area contributed by atoms with Crippen molar-refractivity contribution in [2.75, 3.05) is 11.1 Å². The molecule has 160 valence electrons. The van der Waals surface area contributed by atoms with Gasteiger partial charge in [0.05, 0.1) is 0 Å². The van der Waals surface area contributed by atoms with E-state index < -0.39 is 0 Å². The molecule has 1 N–H and O–H groups in total. The molecule has 0 saturated carbocycles. The number of hydrogen-bond donors (Lipinski definition) is 1. The highest BCUT2D eigenvalue weighted by atomic mass is 32.2. The van der Waals surface area contributed by atoms with E-state index in [0.717, 1.165) is 11.5 Å². The fourth-order valence-electron chi connectivity index (χ4n) is 3.18. The zero-order valence-electron chi connectivity index (χ0n) is 18.4. The van der Waals surface area contributed by atoms with Gasteiger partial charge in [-0.3, -0.25) is 9.59 Å². The number of ketones is 1. The summed E-state index contributed by atoms with van der Waals surface area (Å²) in [6, 6.07) is 25.1. The first-order valence-electron chi connectivity index (χ1n) is 10.5. The van der Waals surface area contributed by atoms with Gasteiger partial charge in [0.1, 0.15) is 0 Å². The van der Waals surface area contributed by atoms with E-state index in [1.165, 1.54) is 11.1 Å². The summed E-state index contributed by atoms with van der Waals surface area (Å²) >= 11 is 1.74. The molecule has 0 unspecified atom stereocenters. The number of benzene rings is 3. The van der Waals surface area contributed by atoms with Gasteiger partial charge < -0.3 is 5.32 Å². The Hall–Kier alpha value is -2.85. The maximum absolute atomic E-state index is 12.9. The van der Waals surface area contributed by atoms with E-state index >= 15 is 0 Å². The van der Waals surface area contributed by atoms with Gasteiger partial charge >= 0.3 is 0 Å². The summed E-state index contributed by atoms with van der Waals surface area (Å²) < 4.78 is 0. The van der Waals surface area contributed by atoms with E-state index in [4.69, 9.17) is 0 Å². The molecule has 0 fully saturated rings. The number of carbonyl (C=O) groups excluding carboxylic acids is 2. The first-order chi connectivity index (χ1) is 14.8. The average Bonchev–Trinajstić information content (AvgIpc) is 2.76. The lowest BCUT2D eigenvalue weighted by Gasteiger charge is -2.19. The van der Waals surface area contributed by atoms with E-state index in [9.17, 15) is 9.59 Å². The molecule has 0 aromatic heterocycles. The third-order valence-corrected chi connectivity index (χ3v) is 6.04. The highest BCUT2D eigenvalue weighted by Gasteiger charge is 2.15. The zero-order chi connectivity index (χ0) is 22.3. The number of nitrogens with one attached hydrogen (secondary N) is 1. The summed E-state index contributed by atoms with van der Waals surface area (Å²) in [7, 11) is 0. The highest BCUT2D eigenvalue weighted by molar-refractivity contribution is 7.98. The molecule has 0 heterocycles. The van der Waals surface area contributed by atoms with Gasteiger partial charge in [0.2, 0.25) is 5.91 Å². The second-order valence-corrected chi connectivity index (χ2v) is 9.68. The van der Waals surface area contributed by atoms with E-state index in [1.807, 2.05) is 48.5 Å². The number of amides is 1. The van der Waals surface area contributed by atoms with Crippen LogP contribution in [0.1, 0.15) is 54.2 Å². The minimum Gasteiger partial charge on any atom is -0.326 e. The molecule has 31 heavy (non-hydrogen) atoms.